The van der Waals surface area contributed by atoms with Crippen molar-refractivity contribution in [3.8, 4) is 17.5 Å². The van der Waals surface area contributed by atoms with E-state index in [1.165, 1.54) is 6.08 Å². The van der Waals surface area contributed by atoms with Gasteiger partial charge in [0.15, 0.2) is 11.6 Å². The molecule has 3 aromatic rings. The first-order valence-electron chi connectivity index (χ1n) is 7.36. The predicted molar refractivity (Wildman–Crippen MR) is 92.0 cm³/mol. The molecule has 0 spiro atoms. The van der Waals surface area contributed by atoms with E-state index in [9.17, 15) is 4.79 Å². The second kappa shape index (κ2) is 7.12. The number of aromatic nitrogens is 2. The van der Waals surface area contributed by atoms with Gasteiger partial charge in [-0.05, 0) is 24.3 Å². The van der Waals surface area contributed by atoms with Crippen LogP contribution in [-0.4, -0.2) is 15.8 Å². The maximum atomic E-state index is 12.1. The summed E-state index contributed by atoms with van der Waals surface area (Å²) >= 11 is 0. The van der Waals surface area contributed by atoms with Crippen LogP contribution >= 0.6 is 0 Å². The van der Waals surface area contributed by atoms with Crippen LogP contribution in [0.5, 0.6) is 0 Å². The largest absolute Gasteiger partial charge is 0.289 e. The van der Waals surface area contributed by atoms with Gasteiger partial charge in [0, 0.05) is 29.1 Å². The number of hydrogen-bond acceptors (Lipinski definition) is 4. The smallest absolute Gasteiger partial charge is 0.185 e. The summed E-state index contributed by atoms with van der Waals surface area (Å²) in [5.74, 6) is 0.472. The molecule has 0 saturated carbocycles. The van der Waals surface area contributed by atoms with E-state index in [0.717, 1.165) is 11.1 Å². The van der Waals surface area contributed by atoms with Crippen molar-refractivity contribution in [2.24, 2.45) is 0 Å². The Labute approximate surface area is 139 Å². The molecule has 24 heavy (non-hydrogen) atoms. The van der Waals surface area contributed by atoms with Gasteiger partial charge in [-0.2, -0.15) is 5.26 Å². The van der Waals surface area contributed by atoms with E-state index in [2.05, 4.69) is 9.97 Å². The maximum Gasteiger partial charge on any atom is 0.185 e. The third-order valence-corrected chi connectivity index (χ3v) is 3.41. The van der Waals surface area contributed by atoms with E-state index in [-0.39, 0.29) is 5.78 Å². The Morgan fingerprint density at radius 1 is 1.00 bits per heavy atom. The summed E-state index contributed by atoms with van der Waals surface area (Å²) in [5.41, 5.74) is 2.62. The summed E-state index contributed by atoms with van der Waals surface area (Å²) in [6.07, 6.45) is 6.46. The van der Waals surface area contributed by atoms with Crippen molar-refractivity contribution in [1.82, 2.24) is 9.97 Å². The van der Waals surface area contributed by atoms with Crippen LogP contribution in [0.25, 0.3) is 17.5 Å². The highest BCUT2D eigenvalue weighted by Gasteiger charge is 2.03. The maximum absolute atomic E-state index is 12.1. The van der Waals surface area contributed by atoms with Crippen LogP contribution < -0.4 is 0 Å². The summed E-state index contributed by atoms with van der Waals surface area (Å²) < 4.78 is 0. The lowest BCUT2D eigenvalue weighted by atomic mass is 10.1. The first-order valence-corrected chi connectivity index (χ1v) is 7.36. The van der Waals surface area contributed by atoms with Crippen LogP contribution in [0.2, 0.25) is 0 Å². The normalized spacial score (nSPS) is 10.5. The molecule has 1 heterocycles. The van der Waals surface area contributed by atoms with E-state index in [4.69, 9.17) is 5.26 Å². The number of benzene rings is 2. The first kappa shape index (κ1) is 15.3. The van der Waals surface area contributed by atoms with Gasteiger partial charge in [0.2, 0.25) is 0 Å². The van der Waals surface area contributed by atoms with Crippen molar-refractivity contribution < 1.29 is 4.79 Å². The third kappa shape index (κ3) is 3.60. The number of hydrogen-bond donors (Lipinski definition) is 0. The molecule has 0 saturated heterocycles. The molecule has 0 amide bonds. The zero-order valence-corrected chi connectivity index (χ0v) is 12.8. The molecular formula is C20H13N3O. The number of nitrogens with zero attached hydrogens (tertiary/aromatic N) is 3. The van der Waals surface area contributed by atoms with E-state index >= 15 is 0 Å². The number of nitriles is 1. The minimum absolute atomic E-state index is 0.167. The first-order chi connectivity index (χ1) is 11.8. The van der Waals surface area contributed by atoms with Gasteiger partial charge in [-0.3, -0.25) is 4.79 Å². The van der Waals surface area contributed by atoms with Gasteiger partial charge in [0.25, 0.3) is 0 Å². The molecule has 0 atom stereocenters. The van der Waals surface area contributed by atoms with E-state index < -0.39 is 0 Å². The highest BCUT2D eigenvalue weighted by atomic mass is 16.1. The minimum atomic E-state index is -0.167. The molecule has 114 valence electrons. The average molecular weight is 311 g/mol. The molecule has 0 unspecified atom stereocenters. The lowest BCUT2D eigenvalue weighted by Gasteiger charge is -2.00. The molecule has 0 aliphatic rings. The average Bonchev–Trinajstić information content (AvgIpc) is 2.67. The number of ketones is 1. The molecule has 0 aliphatic heterocycles. The second-order valence-electron chi connectivity index (χ2n) is 5.10. The molecule has 4 nitrogen and oxygen atoms in total. The number of allylic oxidation sites excluding steroid dienone is 1. The van der Waals surface area contributed by atoms with Crippen molar-refractivity contribution in [2.75, 3.05) is 0 Å². The molecule has 0 fully saturated rings. The molecule has 0 radical (unpaired) electrons. The lowest BCUT2D eigenvalue weighted by molar-refractivity contribution is 0.104. The molecule has 2 aromatic carbocycles. The highest BCUT2D eigenvalue weighted by molar-refractivity contribution is 6.06. The van der Waals surface area contributed by atoms with Gasteiger partial charge in [-0.15, -0.1) is 0 Å². The Balaban J connectivity index is 1.75. The Bertz CT molecular complexity index is 923. The predicted octanol–water partition coefficient (Wildman–Crippen LogP) is 3.91. The van der Waals surface area contributed by atoms with E-state index in [1.54, 1.807) is 42.7 Å². The van der Waals surface area contributed by atoms with Crippen LogP contribution in [0.4, 0.5) is 0 Å². The zero-order valence-electron chi connectivity index (χ0n) is 12.8. The van der Waals surface area contributed by atoms with Crippen LogP contribution in [0, 0.1) is 11.3 Å². The van der Waals surface area contributed by atoms with Crippen LogP contribution in [0.1, 0.15) is 21.5 Å². The summed E-state index contributed by atoms with van der Waals surface area (Å²) in [5, 5.41) is 8.88. The van der Waals surface area contributed by atoms with Crippen molar-refractivity contribution in [2.45, 2.75) is 0 Å². The quantitative estimate of drug-likeness (QED) is 0.541. The minimum Gasteiger partial charge on any atom is -0.289 e. The lowest BCUT2D eigenvalue weighted by Crippen LogP contribution is -1.95. The van der Waals surface area contributed by atoms with Gasteiger partial charge in [0.1, 0.15) is 0 Å². The summed E-state index contributed by atoms with van der Waals surface area (Å²) in [7, 11) is 0. The highest BCUT2D eigenvalue weighted by Crippen LogP contribution is 2.14. The molecule has 4 heteroatoms. The molecule has 0 N–H and O–H groups in total. The van der Waals surface area contributed by atoms with Crippen molar-refractivity contribution in [3.05, 3.63) is 89.8 Å². The molecule has 0 aliphatic carbocycles. The fourth-order valence-electron chi connectivity index (χ4n) is 2.17. The van der Waals surface area contributed by atoms with Gasteiger partial charge in [-0.1, -0.05) is 42.5 Å². The third-order valence-electron chi connectivity index (χ3n) is 3.41. The Hall–Kier alpha value is -3.58. The number of carbonyl (C=O) groups is 1. The van der Waals surface area contributed by atoms with Crippen molar-refractivity contribution in [3.63, 3.8) is 0 Å². The Morgan fingerprint density at radius 2 is 1.75 bits per heavy atom. The van der Waals surface area contributed by atoms with E-state index in [1.807, 2.05) is 36.4 Å². The second-order valence-corrected chi connectivity index (χ2v) is 5.10. The summed E-state index contributed by atoms with van der Waals surface area (Å²) in [4.78, 5) is 20.8. The van der Waals surface area contributed by atoms with Gasteiger partial charge < -0.3 is 0 Å². The van der Waals surface area contributed by atoms with Crippen LogP contribution in [0.3, 0.4) is 0 Å². The van der Waals surface area contributed by atoms with E-state index in [0.29, 0.717) is 17.0 Å². The summed E-state index contributed by atoms with van der Waals surface area (Å²) in [6, 6.07) is 18.3. The monoisotopic (exact) mass is 311 g/mol. The van der Waals surface area contributed by atoms with Gasteiger partial charge in [-0.25, -0.2) is 9.97 Å². The Kier molecular flexibility index (Phi) is 4.55. The fourth-order valence-corrected chi connectivity index (χ4v) is 2.17. The zero-order chi connectivity index (χ0) is 16.8. The molecular weight excluding hydrogens is 298 g/mol. The van der Waals surface area contributed by atoms with Crippen molar-refractivity contribution in [1.29, 1.82) is 5.26 Å². The van der Waals surface area contributed by atoms with Crippen LogP contribution in [0.15, 0.2) is 73.1 Å². The standard InChI is InChI=1S/C20H13N3O/c21-12-15-5-4-8-18(11-15)19(24)10-9-16-13-22-20(23-14-16)17-6-2-1-3-7-17/h1-11,13-14H/b10-9-. The number of carbonyl (C=O) groups excluding carboxylic acids is 1. The molecule has 3 rings (SSSR count). The van der Waals surface area contributed by atoms with Gasteiger partial charge in [0.05, 0.1) is 11.6 Å². The summed E-state index contributed by atoms with van der Waals surface area (Å²) in [6.45, 7) is 0. The van der Waals surface area contributed by atoms with Gasteiger partial charge >= 0.3 is 0 Å². The molecule has 0 bridgehead atoms. The van der Waals surface area contributed by atoms with Crippen molar-refractivity contribution >= 4 is 11.9 Å². The fraction of sp³-hybridized carbons (Fsp3) is 0. The SMILES string of the molecule is N#Cc1cccc(C(=O)/C=C\c2cnc(-c3ccccc3)nc2)c1. The molecule has 1 aromatic heterocycles. The van der Waals surface area contributed by atoms with Crippen LogP contribution in [-0.2, 0) is 0 Å². The Morgan fingerprint density at radius 3 is 2.46 bits per heavy atom. The topological polar surface area (TPSA) is 66.6 Å². The number of rotatable bonds is 4.